The van der Waals surface area contributed by atoms with E-state index in [0.717, 1.165) is 0 Å². The number of benzene rings is 1. The molecule has 1 aromatic carbocycles. The molecule has 0 bridgehead atoms. The highest BCUT2D eigenvalue weighted by molar-refractivity contribution is 5.81. The van der Waals surface area contributed by atoms with Crippen LogP contribution in [0.5, 0.6) is 0 Å². The van der Waals surface area contributed by atoms with Crippen LogP contribution >= 0.6 is 0 Å². The fraction of sp³-hybridized carbons (Fsp3) is 0.364. The number of esters is 1. The minimum Gasteiger partial charge on any atom is -0.464 e. The molecule has 1 aromatic rings. The molecule has 0 heterocycles. The van der Waals surface area contributed by atoms with E-state index < -0.39 is 18.1 Å². The van der Waals surface area contributed by atoms with Crippen molar-refractivity contribution in [1.29, 1.82) is 0 Å². The van der Waals surface area contributed by atoms with Gasteiger partial charge in [0.25, 0.3) is 0 Å². The second kappa shape index (κ2) is 5.89. The van der Waals surface area contributed by atoms with Crippen LogP contribution in [0.2, 0.25) is 0 Å². The number of carbonyl (C=O) groups is 1. The van der Waals surface area contributed by atoms with Crippen molar-refractivity contribution < 1.29 is 14.6 Å². The Balaban J connectivity index is 3.09. The Morgan fingerprint density at radius 3 is 2.71 bits per heavy atom. The zero-order valence-corrected chi connectivity index (χ0v) is 9.41. The molecule has 0 saturated carbocycles. The van der Waals surface area contributed by atoms with Gasteiger partial charge in [0.2, 0.25) is 0 Å². The number of carbonyl (C=O) groups excluding carboxylic acids is 1. The molecule has 1 N–H and O–H groups in total. The molecule has 0 radical (unpaired) electrons. The van der Waals surface area contributed by atoms with E-state index in [4.69, 9.17) is 10.3 Å². The molecule has 0 aliphatic rings. The van der Waals surface area contributed by atoms with Crippen LogP contribution in [0, 0.1) is 0 Å². The van der Waals surface area contributed by atoms with Gasteiger partial charge in [-0.15, -0.1) is 0 Å². The molecule has 0 fully saturated rings. The SMILES string of the molecule is CCOC(=O)[C@](O)(CN=[N+]=[N-])c1ccccc1. The summed E-state index contributed by atoms with van der Waals surface area (Å²) in [5.74, 6) is -0.821. The van der Waals surface area contributed by atoms with Crippen LogP contribution in [0.4, 0.5) is 0 Å². The van der Waals surface area contributed by atoms with Crippen LogP contribution < -0.4 is 0 Å². The fourth-order valence-corrected chi connectivity index (χ4v) is 1.37. The molecular formula is C11H13N3O3. The maximum Gasteiger partial charge on any atom is 0.342 e. The Kier molecular flexibility index (Phi) is 4.51. The summed E-state index contributed by atoms with van der Waals surface area (Å²) in [7, 11) is 0. The predicted molar refractivity (Wildman–Crippen MR) is 61.0 cm³/mol. The molecule has 0 unspecified atom stereocenters. The molecule has 0 aliphatic carbocycles. The summed E-state index contributed by atoms with van der Waals surface area (Å²) >= 11 is 0. The lowest BCUT2D eigenvalue weighted by molar-refractivity contribution is -0.165. The van der Waals surface area contributed by atoms with E-state index >= 15 is 0 Å². The van der Waals surface area contributed by atoms with Crippen LogP contribution in [0.15, 0.2) is 35.4 Å². The predicted octanol–water partition coefficient (Wildman–Crippen LogP) is 1.75. The zero-order chi connectivity index (χ0) is 12.7. The Bertz CT molecular complexity index is 429. The highest BCUT2D eigenvalue weighted by Crippen LogP contribution is 2.23. The second-order valence-corrected chi connectivity index (χ2v) is 3.34. The van der Waals surface area contributed by atoms with Gasteiger partial charge in [-0.25, -0.2) is 4.79 Å². The lowest BCUT2D eigenvalue weighted by Gasteiger charge is -2.24. The van der Waals surface area contributed by atoms with Crippen LogP contribution in [-0.4, -0.2) is 24.2 Å². The van der Waals surface area contributed by atoms with Crippen LogP contribution in [-0.2, 0) is 15.1 Å². The first kappa shape index (κ1) is 13.0. The highest BCUT2D eigenvalue weighted by Gasteiger charge is 2.38. The van der Waals surface area contributed by atoms with E-state index in [9.17, 15) is 9.90 Å². The summed E-state index contributed by atoms with van der Waals surface area (Å²) in [5.41, 5.74) is 6.69. The van der Waals surface area contributed by atoms with Crippen molar-refractivity contribution in [3.05, 3.63) is 46.3 Å². The summed E-state index contributed by atoms with van der Waals surface area (Å²) in [5, 5.41) is 13.5. The number of rotatable bonds is 5. The first-order valence-corrected chi connectivity index (χ1v) is 5.11. The topological polar surface area (TPSA) is 95.3 Å². The third kappa shape index (κ3) is 2.96. The maximum absolute atomic E-state index is 11.7. The van der Waals surface area contributed by atoms with Crippen molar-refractivity contribution in [2.75, 3.05) is 13.2 Å². The molecule has 17 heavy (non-hydrogen) atoms. The van der Waals surface area contributed by atoms with Gasteiger partial charge < -0.3 is 9.84 Å². The second-order valence-electron chi connectivity index (χ2n) is 3.34. The normalized spacial score (nSPS) is 13.3. The molecular weight excluding hydrogens is 222 g/mol. The standard InChI is InChI=1S/C11H13N3O3/c1-2-17-10(15)11(16,8-13-14-12)9-6-4-3-5-7-9/h3-7,16H,2,8H2,1H3/t11-/m0/s1. The molecule has 6 nitrogen and oxygen atoms in total. The summed E-state index contributed by atoms with van der Waals surface area (Å²) in [6.07, 6.45) is 0. The van der Waals surface area contributed by atoms with E-state index in [-0.39, 0.29) is 6.61 Å². The Morgan fingerprint density at radius 1 is 1.53 bits per heavy atom. The van der Waals surface area contributed by atoms with Crippen LogP contribution in [0.1, 0.15) is 12.5 Å². The lowest BCUT2D eigenvalue weighted by Crippen LogP contribution is -2.40. The lowest BCUT2D eigenvalue weighted by atomic mass is 9.94. The minimum absolute atomic E-state index is 0.143. The van der Waals surface area contributed by atoms with E-state index in [1.165, 1.54) is 0 Å². The van der Waals surface area contributed by atoms with Gasteiger partial charge in [-0.1, -0.05) is 35.4 Å². The molecule has 0 spiro atoms. The largest absolute Gasteiger partial charge is 0.464 e. The molecule has 6 heteroatoms. The Labute approximate surface area is 98.5 Å². The molecule has 1 rings (SSSR count). The van der Waals surface area contributed by atoms with Gasteiger partial charge in [0.05, 0.1) is 13.2 Å². The van der Waals surface area contributed by atoms with Gasteiger partial charge in [-0.3, -0.25) is 0 Å². The number of hydrogen-bond donors (Lipinski definition) is 1. The number of hydrogen-bond acceptors (Lipinski definition) is 4. The van der Waals surface area contributed by atoms with Crippen LogP contribution in [0.25, 0.3) is 10.4 Å². The quantitative estimate of drug-likeness (QED) is 0.364. The van der Waals surface area contributed by atoms with Gasteiger partial charge in [0, 0.05) is 4.91 Å². The molecule has 90 valence electrons. The minimum atomic E-state index is -1.93. The summed E-state index contributed by atoms with van der Waals surface area (Å²) in [6, 6.07) is 8.25. The van der Waals surface area contributed by atoms with Gasteiger partial charge >= 0.3 is 5.97 Å². The Hall–Kier alpha value is -2.04. The van der Waals surface area contributed by atoms with E-state index in [1.807, 2.05) is 0 Å². The first-order valence-electron chi connectivity index (χ1n) is 5.11. The average molecular weight is 235 g/mol. The summed E-state index contributed by atoms with van der Waals surface area (Å²) in [4.78, 5) is 14.3. The molecule has 1 atom stereocenters. The van der Waals surface area contributed by atoms with Gasteiger partial charge in [-0.2, -0.15) is 0 Å². The highest BCUT2D eigenvalue weighted by atomic mass is 16.5. The molecule has 0 saturated heterocycles. The third-order valence-corrected chi connectivity index (χ3v) is 2.23. The number of aliphatic hydroxyl groups is 1. The monoisotopic (exact) mass is 235 g/mol. The van der Waals surface area contributed by atoms with Gasteiger partial charge in [0.1, 0.15) is 0 Å². The van der Waals surface area contributed by atoms with Crippen molar-refractivity contribution in [1.82, 2.24) is 0 Å². The van der Waals surface area contributed by atoms with Crippen molar-refractivity contribution in [3.8, 4) is 0 Å². The van der Waals surface area contributed by atoms with Crippen molar-refractivity contribution in [2.45, 2.75) is 12.5 Å². The number of azide groups is 1. The van der Waals surface area contributed by atoms with Crippen LogP contribution in [0.3, 0.4) is 0 Å². The molecule has 0 aliphatic heterocycles. The van der Waals surface area contributed by atoms with E-state index in [1.54, 1.807) is 37.3 Å². The van der Waals surface area contributed by atoms with E-state index in [0.29, 0.717) is 5.56 Å². The number of ether oxygens (including phenoxy) is 1. The van der Waals surface area contributed by atoms with Crippen molar-refractivity contribution in [3.63, 3.8) is 0 Å². The molecule has 0 amide bonds. The van der Waals surface area contributed by atoms with Crippen molar-refractivity contribution >= 4 is 5.97 Å². The first-order chi connectivity index (χ1) is 8.15. The number of nitrogens with zero attached hydrogens (tertiary/aromatic N) is 3. The van der Waals surface area contributed by atoms with E-state index in [2.05, 4.69) is 10.0 Å². The smallest absolute Gasteiger partial charge is 0.342 e. The maximum atomic E-state index is 11.7. The van der Waals surface area contributed by atoms with Crippen molar-refractivity contribution in [2.24, 2.45) is 5.11 Å². The zero-order valence-electron chi connectivity index (χ0n) is 9.41. The van der Waals surface area contributed by atoms with Gasteiger partial charge in [-0.05, 0) is 18.0 Å². The van der Waals surface area contributed by atoms with Gasteiger partial charge in [0.15, 0.2) is 5.60 Å². The molecule has 0 aromatic heterocycles. The summed E-state index contributed by atoms with van der Waals surface area (Å²) in [6.45, 7) is 1.38. The summed E-state index contributed by atoms with van der Waals surface area (Å²) < 4.78 is 4.79. The third-order valence-electron chi connectivity index (χ3n) is 2.23. The fourth-order valence-electron chi connectivity index (χ4n) is 1.37. The Morgan fingerprint density at radius 2 is 2.18 bits per heavy atom. The average Bonchev–Trinajstić information content (AvgIpc) is 2.37.